The van der Waals surface area contributed by atoms with Gasteiger partial charge in [0.05, 0.1) is 0 Å². The smallest absolute Gasteiger partial charge is 0.306 e. The van der Waals surface area contributed by atoms with Gasteiger partial charge in [0, 0.05) is 19.3 Å². The van der Waals surface area contributed by atoms with Crippen LogP contribution in [-0.2, 0) is 28.6 Å². The molecule has 0 bridgehead atoms. The summed E-state index contributed by atoms with van der Waals surface area (Å²) in [6, 6.07) is 0. The standard InChI is InChI=1S/C60H106O6/c1-4-7-10-13-16-19-22-25-27-29-30-32-34-36-39-41-44-47-50-53-59(62)65-56-57(66-60(63)54-51-48-45-42-37-24-21-18-15-12-9-6-3)55-64-58(61)52-49-46-43-40-38-35-33-31-28-26-23-20-17-14-11-8-5-2/h16,19,25,27,30,32,36,39,44,47,57H,4-15,17-18,20-24,26,28-29,31,33-35,37-38,40-43,45-46,48-56H2,1-3H3/b19-16-,27-25-,32-30-,39-36-,47-44-/t57-/m0/s1. The number of allylic oxidation sites excluding steroid dienone is 10. The Morgan fingerprint density at radius 3 is 0.939 bits per heavy atom. The highest BCUT2D eigenvalue weighted by molar-refractivity contribution is 5.71. The number of esters is 3. The molecule has 6 nitrogen and oxygen atoms in total. The molecule has 0 aliphatic rings. The van der Waals surface area contributed by atoms with Gasteiger partial charge in [-0.25, -0.2) is 0 Å². The first-order valence-electron chi connectivity index (χ1n) is 28.3. The molecule has 0 amide bonds. The van der Waals surface area contributed by atoms with Crippen LogP contribution >= 0.6 is 0 Å². The molecule has 0 heterocycles. The molecule has 0 saturated carbocycles. The maximum absolute atomic E-state index is 12.8. The van der Waals surface area contributed by atoms with Gasteiger partial charge in [-0.2, -0.15) is 0 Å². The molecule has 0 unspecified atom stereocenters. The first-order chi connectivity index (χ1) is 32.5. The van der Waals surface area contributed by atoms with Gasteiger partial charge in [0.2, 0.25) is 0 Å². The van der Waals surface area contributed by atoms with Crippen LogP contribution in [0.2, 0.25) is 0 Å². The average molecular weight is 924 g/mol. The minimum Gasteiger partial charge on any atom is -0.462 e. The molecular weight excluding hydrogens is 817 g/mol. The second-order valence-corrected chi connectivity index (χ2v) is 18.9. The molecule has 0 spiro atoms. The third-order valence-corrected chi connectivity index (χ3v) is 12.3. The van der Waals surface area contributed by atoms with E-state index >= 15 is 0 Å². The first-order valence-corrected chi connectivity index (χ1v) is 28.3. The number of carbonyl (C=O) groups excluding carboxylic acids is 3. The van der Waals surface area contributed by atoms with Gasteiger partial charge in [0.15, 0.2) is 6.10 Å². The van der Waals surface area contributed by atoms with Crippen LogP contribution in [0, 0.1) is 0 Å². The minimum absolute atomic E-state index is 0.0930. The molecule has 0 N–H and O–H groups in total. The summed E-state index contributed by atoms with van der Waals surface area (Å²) >= 11 is 0. The molecule has 0 rings (SSSR count). The van der Waals surface area contributed by atoms with E-state index in [4.69, 9.17) is 14.2 Å². The lowest BCUT2D eigenvalue weighted by molar-refractivity contribution is -0.166. The number of rotatable bonds is 51. The second-order valence-electron chi connectivity index (χ2n) is 18.9. The van der Waals surface area contributed by atoms with Crippen molar-refractivity contribution in [2.75, 3.05) is 13.2 Å². The van der Waals surface area contributed by atoms with E-state index < -0.39 is 6.10 Å². The predicted molar refractivity (Wildman–Crippen MR) is 284 cm³/mol. The Kier molecular flexibility index (Phi) is 52.3. The van der Waals surface area contributed by atoms with Crippen LogP contribution in [0.15, 0.2) is 60.8 Å². The van der Waals surface area contributed by atoms with E-state index in [2.05, 4.69) is 75.5 Å². The quantitative estimate of drug-likeness (QED) is 0.0262. The lowest BCUT2D eigenvalue weighted by atomic mass is 10.0. The molecule has 0 aromatic rings. The molecule has 0 aromatic heterocycles. The summed E-state index contributed by atoms with van der Waals surface area (Å²) in [4.78, 5) is 38.0. The maximum Gasteiger partial charge on any atom is 0.306 e. The Morgan fingerprint density at radius 2 is 0.576 bits per heavy atom. The summed E-state index contributed by atoms with van der Waals surface area (Å²) in [5.74, 6) is -0.968. The number of unbranched alkanes of at least 4 members (excludes halogenated alkanes) is 30. The van der Waals surface area contributed by atoms with Crippen molar-refractivity contribution in [3.63, 3.8) is 0 Å². The molecule has 0 radical (unpaired) electrons. The molecule has 0 saturated heterocycles. The number of ether oxygens (including phenoxy) is 3. The monoisotopic (exact) mass is 923 g/mol. The molecule has 66 heavy (non-hydrogen) atoms. The normalized spacial score (nSPS) is 12.5. The van der Waals surface area contributed by atoms with Gasteiger partial charge in [-0.1, -0.05) is 268 Å². The van der Waals surface area contributed by atoms with Crippen LogP contribution in [0.25, 0.3) is 0 Å². The Morgan fingerprint density at radius 1 is 0.303 bits per heavy atom. The lowest BCUT2D eigenvalue weighted by Crippen LogP contribution is -2.30. The van der Waals surface area contributed by atoms with E-state index in [1.54, 1.807) is 0 Å². The largest absolute Gasteiger partial charge is 0.462 e. The highest BCUT2D eigenvalue weighted by Crippen LogP contribution is 2.16. The van der Waals surface area contributed by atoms with E-state index in [0.717, 1.165) is 64.2 Å². The van der Waals surface area contributed by atoms with Crippen molar-refractivity contribution in [1.82, 2.24) is 0 Å². The SMILES string of the molecule is CCCCC/C=C\C/C=C\C/C=C\C/C=C\C/C=C\CCC(=O)OC[C@H](COC(=O)CCCCCCCCCCCCCCCCCCC)OC(=O)CCCCCCCCCCCCCC. The van der Waals surface area contributed by atoms with E-state index in [1.165, 1.54) is 173 Å². The number of hydrogen-bond donors (Lipinski definition) is 0. The maximum atomic E-state index is 12.8. The highest BCUT2D eigenvalue weighted by atomic mass is 16.6. The highest BCUT2D eigenvalue weighted by Gasteiger charge is 2.19. The molecule has 6 heteroatoms. The summed E-state index contributed by atoms with van der Waals surface area (Å²) in [6.07, 6.45) is 67.9. The fraction of sp³-hybridized carbons (Fsp3) is 0.783. The number of hydrogen-bond acceptors (Lipinski definition) is 6. The van der Waals surface area contributed by atoms with Crippen molar-refractivity contribution in [3.8, 4) is 0 Å². The number of carbonyl (C=O) groups is 3. The van der Waals surface area contributed by atoms with Crippen LogP contribution in [0.3, 0.4) is 0 Å². The van der Waals surface area contributed by atoms with Crippen LogP contribution in [0.4, 0.5) is 0 Å². The fourth-order valence-electron chi connectivity index (χ4n) is 8.01. The molecule has 0 aromatic carbocycles. The van der Waals surface area contributed by atoms with Gasteiger partial charge < -0.3 is 14.2 Å². The van der Waals surface area contributed by atoms with Crippen LogP contribution in [-0.4, -0.2) is 37.2 Å². The summed E-state index contributed by atoms with van der Waals surface area (Å²) in [6.45, 7) is 6.57. The van der Waals surface area contributed by atoms with Crippen molar-refractivity contribution in [1.29, 1.82) is 0 Å². The third kappa shape index (κ3) is 52.1. The Hall–Kier alpha value is -2.89. The third-order valence-electron chi connectivity index (χ3n) is 12.3. The second kappa shape index (κ2) is 54.7. The molecular formula is C60H106O6. The van der Waals surface area contributed by atoms with E-state index in [9.17, 15) is 14.4 Å². The van der Waals surface area contributed by atoms with Crippen molar-refractivity contribution in [3.05, 3.63) is 60.8 Å². The summed E-state index contributed by atoms with van der Waals surface area (Å²) in [5, 5.41) is 0. The minimum atomic E-state index is -0.800. The molecule has 0 aliphatic heterocycles. The Balaban J connectivity index is 4.42. The van der Waals surface area contributed by atoms with Gasteiger partial charge in [0.1, 0.15) is 13.2 Å². The molecule has 1 atom stereocenters. The van der Waals surface area contributed by atoms with Gasteiger partial charge in [-0.05, 0) is 57.8 Å². The molecule has 0 aliphatic carbocycles. The van der Waals surface area contributed by atoms with Gasteiger partial charge in [0.25, 0.3) is 0 Å². The van der Waals surface area contributed by atoms with Crippen molar-refractivity contribution < 1.29 is 28.6 Å². The zero-order chi connectivity index (χ0) is 47.9. The summed E-state index contributed by atoms with van der Waals surface area (Å²) in [5.41, 5.74) is 0. The van der Waals surface area contributed by atoms with E-state index in [-0.39, 0.29) is 37.5 Å². The zero-order valence-electron chi connectivity index (χ0n) is 43.7. The van der Waals surface area contributed by atoms with Crippen LogP contribution in [0.5, 0.6) is 0 Å². The zero-order valence-corrected chi connectivity index (χ0v) is 43.7. The van der Waals surface area contributed by atoms with Crippen LogP contribution in [0.1, 0.15) is 284 Å². The Labute approximate surface area is 409 Å². The van der Waals surface area contributed by atoms with Crippen molar-refractivity contribution in [2.45, 2.75) is 290 Å². The van der Waals surface area contributed by atoms with Gasteiger partial charge in [-0.3, -0.25) is 14.4 Å². The summed E-state index contributed by atoms with van der Waals surface area (Å²) in [7, 11) is 0. The fourth-order valence-corrected chi connectivity index (χ4v) is 8.01. The molecule has 382 valence electrons. The topological polar surface area (TPSA) is 78.9 Å². The first kappa shape index (κ1) is 63.1. The summed E-state index contributed by atoms with van der Waals surface area (Å²) < 4.78 is 16.8. The Bertz CT molecular complexity index is 1200. The average Bonchev–Trinajstić information content (AvgIpc) is 3.31. The van der Waals surface area contributed by atoms with Gasteiger partial charge in [-0.15, -0.1) is 0 Å². The van der Waals surface area contributed by atoms with Crippen molar-refractivity contribution >= 4 is 17.9 Å². The van der Waals surface area contributed by atoms with Gasteiger partial charge >= 0.3 is 17.9 Å². The predicted octanol–water partition coefficient (Wildman–Crippen LogP) is 18.8. The molecule has 0 fully saturated rings. The lowest BCUT2D eigenvalue weighted by Gasteiger charge is -2.18. The van der Waals surface area contributed by atoms with Crippen molar-refractivity contribution in [2.24, 2.45) is 0 Å². The van der Waals surface area contributed by atoms with Crippen LogP contribution < -0.4 is 0 Å². The van der Waals surface area contributed by atoms with E-state index in [1.807, 2.05) is 6.08 Å². The van der Waals surface area contributed by atoms with E-state index in [0.29, 0.717) is 19.3 Å².